The predicted molar refractivity (Wildman–Crippen MR) is 183 cm³/mol. The molecule has 6 atom stereocenters. The lowest BCUT2D eigenvalue weighted by Crippen LogP contribution is -2.61. The molecule has 0 saturated carbocycles. The van der Waals surface area contributed by atoms with E-state index in [1.54, 1.807) is 27.7 Å². The lowest BCUT2D eigenvalue weighted by Gasteiger charge is -2.40. The fourth-order valence-electron chi connectivity index (χ4n) is 5.38. The van der Waals surface area contributed by atoms with E-state index < -0.39 is 50.4 Å². The summed E-state index contributed by atoms with van der Waals surface area (Å²) in [5.41, 5.74) is 5.03. The maximum atomic E-state index is 13.6. The highest BCUT2D eigenvalue weighted by atomic mass is 28.4. The summed E-state index contributed by atoms with van der Waals surface area (Å²) in [7, 11) is -2.26. The molecule has 10 nitrogen and oxygen atoms in total. The summed E-state index contributed by atoms with van der Waals surface area (Å²) in [6.07, 6.45) is 5.11. The zero-order valence-corrected chi connectivity index (χ0v) is 30.4. The van der Waals surface area contributed by atoms with Crippen molar-refractivity contribution in [2.45, 2.75) is 130 Å². The molecule has 3 N–H and O–H groups in total. The van der Waals surface area contributed by atoms with Crippen molar-refractivity contribution in [3.05, 3.63) is 41.5 Å². The van der Waals surface area contributed by atoms with Gasteiger partial charge >= 0.3 is 5.97 Å². The summed E-state index contributed by atoms with van der Waals surface area (Å²) >= 11 is 0. The van der Waals surface area contributed by atoms with Crippen LogP contribution in [0.15, 0.2) is 30.3 Å². The van der Waals surface area contributed by atoms with Crippen molar-refractivity contribution in [1.29, 1.82) is 0 Å². The third-order valence-corrected chi connectivity index (χ3v) is 14.0. The number of hydrogen-bond acceptors (Lipinski definition) is 7. The fourth-order valence-corrected chi connectivity index (χ4v) is 6.81. The van der Waals surface area contributed by atoms with Crippen LogP contribution in [0.1, 0.15) is 98.2 Å². The van der Waals surface area contributed by atoms with Crippen molar-refractivity contribution < 1.29 is 28.3 Å². The number of rotatable bonds is 3. The normalized spacial score (nSPS) is 28.1. The average molecular weight is 657 g/mol. The number of hydrazine groups is 1. The first-order valence-corrected chi connectivity index (χ1v) is 19.6. The van der Waals surface area contributed by atoms with Gasteiger partial charge in [0, 0.05) is 6.54 Å². The van der Waals surface area contributed by atoms with Gasteiger partial charge in [-0.25, -0.2) is 5.43 Å². The van der Waals surface area contributed by atoms with Gasteiger partial charge < -0.3 is 19.8 Å². The van der Waals surface area contributed by atoms with Gasteiger partial charge in [0.1, 0.15) is 12.1 Å². The molecule has 11 heteroatoms. The van der Waals surface area contributed by atoms with E-state index >= 15 is 0 Å². The van der Waals surface area contributed by atoms with Gasteiger partial charge in [0.15, 0.2) is 14.4 Å². The van der Waals surface area contributed by atoms with Crippen LogP contribution >= 0.6 is 0 Å². The number of benzene rings is 1. The summed E-state index contributed by atoms with van der Waals surface area (Å²) in [4.78, 5) is 53.7. The third kappa shape index (κ3) is 9.74. The van der Waals surface area contributed by atoms with Crippen molar-refractivity contribution in [2.24, 2.45) is 11.8 Å². The first kappa shape index (κ1) is 37.4. The number of nitrogens with zero attached hydrogens (tertiary/aromatic N) is 1. The van der Waals surface area contributed by atoms with Gasteiger partial charge in [-0.15, -0.1) is 0 Å². The van der Waals surface area contributed by atoms with Gasteiger partial charge in [0.2, 0.25) is 5.91 Å². The number of fused-ring (bicyclic) bond motifs is 4. The Morgan fingerprint density at radius 1 is 0.978 bits per heavy atom. The second kappa shape index (κ2) is 15.7. The molecule has 2 aliphatic heterocycles. The van der Waals surface area contributed by atoms with Crippen LogP contribution in [0.3, 0.4) is 0 Å². The summed E-state index contributed by atoms with van der Waals surface area (Å²) in [6, 6.07) is 6.29. The van der Waals surface area contributed by atoms with E-state index in [1.165, 1.54) is 5.01 Å². The molecule has 0 radical (unpaired) electrons. The fraction of sp³-hybridized carbons (Fsp3) is 0.657. The number of carbonyl (C=O) groups is 4. The molecule has 2 heterocycles. The summed E-state index contributed by atoms with van der Waals surface area (Å²) < 4.78 is 12.7. The SMILES string of the molecule is CC(C)[C@@H]1OC(=O)[C@H](C)[C@H](O[Si](C)(C)C(C)(C)C)CCC=Cc2cccc(c2)[C@@H](C)NC(=O)[C@@H]2CCCN(N2)C(=O)[C@H](C)NC1=O. The number of carbonyl (C=O) groups excluding carboxylic acids is 4. The minimum absolute atomic E-state index is 0.0634. The third-order valence-electron chi connectivity index (χ3n) is 9.48. The Bertz CT molecular complexity index is 1280. The van der Waals surface area contributed by atoms with E-state index in [2.05, 4.69) is 62.1 Å². The first-order chi connectivity index (χ1) is 21.4. The van der Waals surface area contributed by atoms with Crippen LogP contribution in [-0.4, -0.2) is 67.9 Å². The maximum absolute atomic E-state index is 13.6. The summed E-state index contributed by atoms with van der Waals surface area (Å²) in [6.45, 7) is 20.2. The highest BCUT2D eigenvalue weighted by Crippen LogP contribution is 2.39. The molecule has 256 valence electrons. The Balaban J connectivity index is 1.95. The van der Waals surface area contributed by atoms with Gasteiger partial charge in [0.05, 0.1) is 18.1 Å². The molecule has 2 aliphatic rings. The number of ether oxygens (including phenoxy) is 1. The van der Waals surface area contributed by atoms with E-state index in [1.807, 2.05) is 31.2 Å². The molecule has 46 heavy (non-hydrogen) atoms. The van der Waals surface area contributed by atoms with Crippen molar-refractivity contribution in [1.82, 2.24) is 21.1 Å². The van der Waals surface area contributed by atoms with Gasteiger partial charge in [0.25, 0.3) is 11.8 Å². The number of nitrogens with one attached hydrogen (secondary N) is 3. The Hall–Kier alpha value is -3.02. The van der Waals surface area contributed by atoms with E-state index in [0.29, 0.717) is 32.2 Å². The van der Waals surface area contributed by atoms with Crippen LogP contribution in [0, 0.1) is 11.8 Å². The molecule has 1 aromatic rings. The zero-order chi connectivity index (χ0) is 34.4. The second-order valence-electron chi connectivity index (χ2n) is 14.7. The van der Waals surface area contributed by atoms with Gasteiger partial charge in [-0.05, 0) is 87.7 Å². The Labute approximate surface area is 276 Å². The van der Waals surface area contributed by atoms with Gasteiger partial charge in [-0.3, -0.25) is 24.2 Å². The molecule has 0 spiro atoms. The van der Waals surface area contributed by atoms with Crippen LogP contribution in [0.5, 0.6) is 0 Å². The quantitative estimate of drug-likeness (QED) is 0.299. The molecule has 0 aromatic heterocycles. The van der Waals surface area contributed by atoms with Crippen molar-refractivity contribution in [3.8, 4) is 0 Å². The maximum Gasteiger partial charge on any atom is 0.312 e. The molecule has 1 saturated heterocycles. The molecule has 3 amide bonds. The molecule has 0 aliphatic carbocycles. The molecular weight excluding hydrogens is 600 g/mol. The zero-order valence-electron chi connectivity index (χ0n) is 29.4. The van der Waals surface area contributed by atoms with E-state index in [9.17, 15) is 19.2 Å². The Morgan fingerprint density at radius 3 is 2.30 bits per heavy atom. The number of cyclic esters (lactones) is 1. The van der Waals surface area contributed by atoms with E-state index in [0.717, 1.165) is 11.1 Å². The molecule has 1 aromatic carbocycles. The second-order valence-corrected chi connectivity index (χ2v) is 19.5. The largest absolute Gasteiger partial charge is 0.452 e. The number of hydrogen-bond donors (Lipinski definition) is 3. The summed E-state index contributed by atoms with van der Waals surface area (Å²) in [5.74, 6) is -2.55. The Morgan fingerprint density at radius 2 is 1.65 bits per heavy atom. The molecule has 3 rings (SSSR count). The highest BCUT2D eigenvalue weighted by molar-refractivity contribution is 6.74. The minimum atomic E-state index is -2.26. The van der Waals surface area contributed by atoms with Crippen molar-refractivity contribution >= 4 is 38.1 Å². The molecular formula is C35H56N4O6Si. The van der Waals surface area contributed by atoms with Crippen LogP contribution in [0.25, 0.3) is 6.08 Å². The predicted octanol–water partition coefficient (Wildman–Crippen LogP) is 5.27. The molecule has 1 fully saturated rings. The van der Waals surface area contributed by atoms with Crippen molar-refractivity contribution in [2.75, 3.05) is 6.54 Å². The van der Waals surface area contributed by atoms with E-state index in [4.69, 9.17) is 9.16 Å². The lowest BCUT2D eigenvalue weighted by molar-refractivity contribution is -0.165. The van der Waals surface area contributed by atoms with Crippen molar-refractivity contribution in [3.63, 3.8) is 0 Å². The first-order valence-electron chi connectivity index (χ1n) is 16.7. The lowest BCUT2D eigenvalue weighted by atomic mass is 9.99. The molecule has 0 unspecified atom stereocenters. The highest BCUT2D eigenvalue weighted by Gasteiger charge is 2.42. The molecule has 4 bridgehead atoms. The smallest absolute Gasteiger partial charge is 0.312 e. The van der Waals surface area contributed by atoms with E-state index in [-0.39, 0.29) is 28.8 Å². The monoisotopic (exact) mass is 656 g/mol. The minimum Gasteiger partial charge on any atom is -0.452 e. The average Bonchev–Trinajstić information content (AvgIpc) is 2.99. The van der Waals surface area contributed by atoms with Crippen LogP contribution in [0.4, 0.5) is 0 Å². The number of amides is 3. The van der Waals surface area contributed by atoms with Crippen LogP contribution in [-0.2, 0) is 28.3 Å². The van der Waals surface area contributed by atoms with Gasteiger partial charge in [-0.1, -0.05) is 65.0 Å². The topological polar surface area (TPSA) is 126 Å². The number of esters is 1. The van der Waals surface area contributed by atoms with Crippen LogP contribution in [0.2, 0.25) is 18.1 Å². The standard InChI is InChI=1S/C35H56N4O6Si/c1-22(2)30-32(41)37-25(5)33(42)39-20-14-18-28(38-39)31(40)36-24(4)27-17-13-16-26(21-27)15-11-12-19-29(23(3)34(43)44-30)45-46(9,10)35(6,7)8/h11,13,15-17,21-25,28-30,38H,12,14,18-20H2,1-10H3,(H,36,40)(H,37,41)/t23-,24-,25+,28+,29-,30+/m1/s1. The van der Waals surface area contributed by atoms with Gasteiger partial charge in [-0.2, -0.15) is 0 Å². The Kier molecular flexibility index (Phi) is 12.8. The van der Waals surface area contributed by atoms with Crippen LogP contribution < -0.4 is 16.1 Å². The number of allylic oxidation sites excluding steroid dienone is 1. The summed E-state index contributed by atoms with van der Waals surface area (Å²) in [5, 5.41) is 7.18.